The fourth-order valence-corrected chi connectivity index (χ4v) is 2.71. The fraction of sp³-hybridized carbons (Fsp3) is 0.0625. The van der Waals surface area contributed by atoms with Crippen LogP contribution in [0.25, 0.3) is 11.6 Å². The molecule has 2 aromatic rings. The number of thioether (sulfide) groups is 1. The summed E-state index contributed by atoms with van der Waals surface area (Å²) < 4.78 is 0.773. The van der Waals surface area contributed by atoms with Crippen molar-refractivity contribution in [3.8, 4) is 0 Å². The summed E-state index contributed by atoms with van der Waals surface area (Å²) in [6, 6.07) is 15.1. The average Bonchev–Trinajstić information content (AvgIpc) is 2.46. The molecule has 0 fully saturated rings. The predicted molar refractivity (Wildman–Crippen MR) is 87.9 cm³/mol. The van der Waals surface area contributed by atoms with Crippen molar-refractivity contribution in [1.82, 2.24) is 0 Å². The van der Waals surface area contributed by atoms with Gasteiger partial charge >= 0.3 is 5.97 Å². The summed E-state index contributed by atoms with van der Waals surface area (Å²) in [6.45, 7) is 0. The largest absolute Gasteiger partial charge is 0.478 e. The maximum absolute atomic E-state index is 11.5. The van der Waals surface area contributed by atoms with Gasteiger partial charge in [0.1, 0.15) is 0 Å². The van der Waals surface area contributed by atoms with Gasteiger partial charge in [-0.2, -0.15) is 0 Å². The molecule has 20 heavy (non-hydrogen) atoms. The van der Waals surface area contributed by atoms with Crippen LogP contribution < -0.4 is 0 Å². The lowest BCUT2D eigenvalue weighted by Gasteiger charge is -2.06. The van der Waals surface area contributed by atoms with E-state index in [1.807, 2.05) is 48.7 Å². The van der Waals surface area contributed by atoms with E-state index >= 15 is 0 Å². The molecule has 2 rings (SSSR count). The normalized spacial score (nSPS) is 11.4. The second-order valence-electron chi connectivity index (χ2n) is 4.12. The summed E-state index contributed by atoms with van der Waals surface area (Å²) >= 11 is 5.05. The van der Waals surface area contributed by atoms with Crippen molar-refractivity contribution in [3.63, 3.8) is 0 Å². The molecule has 0 aliphatic heterocycles. The lowest BCUT2D eigenvalue weighted by molar-refractivity contribution is -0.130. The van der Waals surface area contributed by atoms with Gasteiger partial charge in [-0.05, 0) is 36.1 Å². The highest BCUT2D eigenvalue weighted by Crippen LogP contribution is 2.26. The van der Waals surface area contributed by atoms with E-state index in [-0.39, 0.29) is 5.57 Å². The van der Waals surface area contributed by atoms with E-state index in [1.165, 1.54) is 0 Å². The Morgan fingerprint density at radius 1 is 1.15 bits per heavy atom. The molecule has 0 aliphatic rings. The molecule has 0 bridgehead atoms. The van der Waals surface area contributed by atoms with Crippen molar-refractivity contribution in [2.45, 2.75) is 4.90 Å². The minimum Gasteiger partial charge on any atom is -0.478 e. The van der Waals surface area contributed by atoms with E-state index in [1.54, 1.807) is 23.9 Å². The van der Waals surface area contributed by atoms with E-state index in [0.717, 1.165) is 14.9 Å². The van der Waals surface area contributed by atoms with Gasteiger partial charge in [-0.3, -0.25) is 0 Å². The quantitative estimate of drug-likeness (QED) is 0.490. The molecule has 0 radical (unpaired) electrons. The van der Waals surface area contributed by atoms with Crippen LogP contribution in [0.4, 0.5) is 0 Å². The highest BCUT2D eigenvalue weighted by atomic mass is 79.9. The Kier molecular flexibility index (Phi) is 5.04. The number of hydrogen-bond acceptors (Lipinski definition) is 2. The Balaban J connectivity index is 2.45. The van der Waals surface area contributed by atoms with Gasteiger partial charge in [-0.25, -0.2) is 4.79 Å². The van der Waals surface area contributed by atoms with E-state index in [2.05, 4.69) is 15.9 Å². The fourth-order valence-electron chi connectivity index (χ4n) is 1.80. The maximum atomic E-state index is 11.5. The van der Waals surface area contributed by atoms with Crippen LogP contribution in [0.5, 0.6) is 0 Å². The first-order chi connectivity index (χ1) is 9.61. The van der Waals surface area contributed by atoms with Crippen LogP contribution in [0.1, 0.15) is 11.1 Å². The van der Waals surface area contributed by atoms with Gasteiger partial charge < -0.3 is 5.11 Å². The molecule has 0 spiro atoms. The first-order valence-corrected chi connectivity index (χ1v) is 7.97. The zero-order valence-electron chi connectivity index (χ0n) is 10.8. The van der Waals surface area contributed by atoms with Crippen molar-refractivity contribution in [2.24, 2.45) is 0 Å². The number of benzene rings is 2. The second kappa shape index (κ2) is 6.77. The van der Waals surface area contributed by atoms with E-state index in [9.17, 15) is 9.90 Å². The summed E-state index contributed by atoms with van der Waals surface area (Å²) in [7, 11) is 0. The minimum atomic E-state index is -0.939. The van der Waals surface area contributed by atoms with Crippen LogP contribution in [-0.2, 0) is 4.79 Å². The Labute approximate surface area is 130 Å². The van der Waals surface area contributed by atoms with Gasteiger partial charge in [0.05, 0.1) is 5.57 Å². The molecular formula is C16H13BrO2S. The first-order valence-electron chi connectivity index (χ1n) is 5.96. The Bertz CT molecular complexity index is 648. The molecule has 2 nitrogen and oxygen atoms in total. The van der Waals surface area contributed by atoms with Gasteiger partial charge in [0.2, 0.25) is 0 Å². The molecule has 0 atom stereocenters. The predicted octanol–water partition coefficient (Wildman–Crippen LogP) is 4.80. The Hall–Kier alpha value is -1.52. The smallest absolute Gasteiger partial charge is 0.336 e. The lowest BCUT2D eigenvalue weighted by Crippen LogP contribution is -2.00. The van der Waals surface area contributed by atoms with Crippen LogP contribution >= 0.6 is 27.7 Å². The van der Waals surface area contributed by atoms with Gasteiger partial charge in [0, 0.05) is 14.9 Å². The van der Waals surface area contributed by atoms with Gasteiger partial charge in [0.15, 0.2) is 0 Å². The highest BCUT2D eigenvalue weighted by molar-refractivity contribution is 9.10. The number of carbonyl (C=O) groups is 1. The topological polar surface area (TPSA) is 37.3 Å². The maximum Gasteiger partial charge on any atom is 0.336 e. The number of halogens is 1. The highest BCUT2D eigenvalue weighted by Gasteiger charge is 2.13. The molecule has 0 heterocycles. The summed E-state index contributed by atoms with van der Waals surface area (Å²) in [5.41, 5.74) is 1.82. The third-order valence-corrected chi connectivity index (χ3v) is 4.26. The summed E-state index contributed by atoms with van der Waals surface area (Å²) in [5, 5.41) is 9.42. The molecule has 0 unspecified atom stereocenters. The number of carboxylic acid groups (broad SMARTS) is 1. The van der Waals surface area contributed by atoms with Gasteiger partial charge in [-0.1, -0.05) is 46.3 Å². The van der Waals surface area contributed by atoms with Gasteiger partial charge in [-0.15, -0.1) is 11.8 Å². The molecule has 0 saturated heterocycles. The third kappa shape index (κ3) is 3.52. The minimum absolute atomic E-state index is 0.273. The average molecular weight is 349 g/mol. The molecule has 0 aromatic heterocycles. The SMILES string of the molecule is CSc1ccc(/C=C(\C(=O)O)c2ccccc2Br)cc1. The summed E-state index contributed by atoms with van der Waals surface area (Å²) in [5.74, 6) is -0.939. The molecular weight excluding hydrogens is 336 g/mol. The second-order valence-corrected chi connectivity index (χ2v) is 5.85. The number of carboxylic acids is 1. The molecule has 0 amide bonds. The van der Waals surface area contributed by atoms with E-state index < -0.39 is 5.97 Å². The van der Waals surface area contributed by atoms with Crippen LogP contribution in [-0.4, -0.2) is 17.3 Å². The zero-order valence-corrected chi connectivity index (χ0v) is 13.2. The van der Waals surface area contributed by atoms with Crippen LogP contribution in [0, 0.1) is 0 Å². The molecule has 0 saturated carbocycles. The zero-order chi connectivity index (χ0) is 14.5. The number of rotatable bonds is 4. The Morgan fingerprint density at radius 3 is 2.35 bits per heavy atom. The van der Waals surface area contributed by atoms with Crippen molar-refractivity contribution >= 4 is 45.3 Å². The van der Waals surface area contributed by atoms with Crippen LogP contribution in [0.2, 0.25) is 0 Å². The number of aliphatic carboxylic acids is 1. The van der Waals surface area contributed by atoms with E-state index in [4.69, 9.17) is 0 Å². The van der Waals surface area contributed by atoms with Crippen molar-refractivity contribution in [1.29, 1.82) is 0 Å². The van der Waals surface area contributed by atoms with Crippen molar-refractivity contribution < 1.29 is 9.90 Å². The lowest BCUT2D eigenvalue weighted by atomic mass is 10.0. The Morgan fingerprint density at radius 2 is 1.80 bits per heavy atom. The summed E-state index contributed by atoms with van der Waals surface area (Å²) in [6.07, 6.45) is 3.70. The standard InChI is InChI=1S/C16H13BrO2S/c1-20-12-8-6-11(7-9-12)10-14(16(18)19)13-4-2-3-5-15(13)17/h2-10H,1H3,(H,18,19)/b14-10-. The van der Waals surface area contributed by atoms with Crippen LogP contribution in [0.3, 0.4) is 0 Å². The first kappa shape index (κ1) is 14.9. The molecule has 1 N–H and O–H groups in total. The van der Waals surface area contributed by atoms with Crippen molar-refractivity contribution in [3.05, 3.63) is 64.1 Å². The number of hydrogen-bond donors (Lipinski definition) is 1. The van der Waals surface area contributed by atoms with Gasteiger partial charge in [0.25, 0.3) is 0 Å². The van der Waals surface area contributed by atoms with E-state index in [0.29, 0.717) is 5.56 Å². The molecule has 4 heteroatoms. The molecule has 2 aromatic carbocycles. The molecule has 102 valence electrons. The molecule has 0 aliphatic carbocycles. The summed E-state index contributed by atoms with van der Waals surface area (Å²) in [4.78, 5) is 12.6. The van der Waals surface area contributed by atoms with Crippen LogP contribution in [0.15, 0.2) is 57.9 Å². The van der Waals surface area contributed by atoms with Crippen molar-refractivity contribution in [2.75, 3.05) is 6.26 Å². The third-order valence-electron chi connectivity index (χ3n) is 2.82. The monoisotopic (exact) mass is 348 g/mol.